The van der Waals surface area contributed by atoms with E-state index in [4.69, 9.17) is 5.11 Å². The number of rotatable bonds is 7. The molecule has 9 heteroatoms. The van der Waals surface area contributed by atoms with Crippen molar-refractivity contribution < 1.29 is 23.1 Å². The number of benzene rings is 2. The van der Waals surface area contributed by atoms with Gasteiger partial charge in [0.2, 0.25) is 15.9 Å². The van der Waals surface area contributed by atoms with Crippen LogP contribution in [0.25, 0.3) is 0 Å². The van der Waals surface area contributed by atoms with Gasteiger partial charge in [-0.25, -0.2) is 13.4 Å². The summed E-state index contributed by atoms with van der Waals surface area (Å²) >= 11 is 0. The molecule has 0 saturated heterocycles. The van der Waals surface area contributed by atoms with Crippen molar-refractivity contribution in [3.05, 3.63) is 65.2 Å². The van der Waals surface area contributed by atoms with Gasteiger partial charge < -0.3 is 5.11 Å². The molecule has 1 unspecified atom stereocenters. The first-order chi connectivity index (χ1) is 14.1. The zero-order chi connectivity index (χ0) is 21.9. The van der Waals surface area contributed by atoms with E-state index >= 15 is 0 Å². The second-order valence-electron chi connectivity index (χ2n) is 7.23. The van der Waals surface area contributed by atoms with Crippen LogP contribution in [0.15, 0.2) is 53.6 Å². The van der Waals surface area contributed by atoms with E-state index in [9.17, 15) is 18.0 Å². The highest BCUT2D eigenvalue weighted by Crippen LogP contribution is 2.35. The van der Waals surface area contributed by atoms with Crippen LogP contribution in [0.2, 0.25) is 0 Å². The van der Waals surface area contributed by atoms with Gasteiger partial charge in [-0.1, -0.05) is 48.0 Å². The first-order valence-electron chi connectivity index (χ1n) is 9.39. The van der Waals surface area contributed by atoms with Gasteiger partial charge >= 0.3 is 5.97 Å². The number of para-hydroxylation sites is 1. The molecule has 0 aromatic heterocycles. The zero-order valence-corrected chi connectivity index (χ0v) is 17.5. The van der Waals surface area contributed by atoms with E-state index in [1.807, 2.05) is 31.2 Å². The number of nitrogens with zero attached hydrogens (tertiary/aromatic N) is 2. The average molecular weight is 429 g/mol. The Labute approximate surface area is 175 Å². The van der Waals surface area contributed by atoms with E-state index < -0.39 is 27.9 Å². The molecule has 2 aromatic rings. The van der Waals surface area contributed by atoms with Gasteiger partial charge in [-0.3, -0.25) is 14.3 Å². The van der Waals surface area contributed by atoms with Crippen molar-refractivity contribution in [3.8, 4) is 0 Å². The number of nitrogens with one attached hydrogen (secondary N) is 1. The van der Waals surface area contributed by atoms with Gasteiger partial charge in [0.25, 0.3) is 0 Å². The van der Waals surface area contributed by atoms with Gasteiger partial charge in [0, 0.05) is 18.4 Å². The summed E-state index contributed by atoms with van der Waals surface area (Å²) in [5, 5.41) is 14.7. The third-order valence-corrected chi connectivity index (χ3v) is 5.27. The fourth-order valence-corrected chi connectivity index (χ4v) is 3.97. The topological polar surface area (TPSA) is 116 Å². The Morgan fingerprint density at radius 2 is 1.90 bits per heavy atom. The van der Waals surface area contributed by atoms with Crippen LogP contribution in [0.5, 0.6) is 0 Å². The molecule has 2 N–H and O–H groups in total. The summed E-state index contributed by atoms with van der Waals surface area (Å²) < 4.78 is 26.0. The minimum Gasteiger partial charge on any atom is -0.481 e. The Bertz CT molecular complexity index is 1110. The van der Waals surface area contributed by atoms with E-state index in [-0.39, 0.29) is 12.8 Å². The lowest BCUT2D eigenvalue weighted by atomic mass is 9.96. The molecule has 3 rings (SSSR count). The van der Waals surface area contributed by atoms with E-state index in [0.29, 0.717) is 23.4 Å². The molecule has 1 amide bonds. The highest BCUT2D eigenvalue weighted by molar-refractivity contribution is 7.92. The Kier molecular flexibility index (Phi) is 6.21. The molecule has 1 atom stereocenters. The largest absolute Gasteiger partial charge is 0.481 e. The Morgan fingerprint density at radius 1 is 1.17 bits per heavy atom. The first-order valence-corrected chi connectivity index (χ1v) is 11.3. The van der Waals surface area contributed by atoms with Crippen molar-refractivity contribution in [2.75, 3.05) is 11.0 Å². The second-order valence-corrected chi connectivity index (χ2v) is 8.98. The number of sulfonamides is 1. The lowest BCUT2D eigenvalue weighted by Crippen LogP contribution is -2.27. The third kappa shape index (κ3) is 5.24. The summed E-state index contributed by atoms with van der Waals surface area (Å²) in [6.45, 7) is 1.95. The lowest BCUT2D eigenvalue weighted by Gasteiger charge is -2.22. The van der Waals surface area contributed by atoms with Crippen LogP contribution in [-0.4, -0.2) is 42.4 Å². The van der Waals surface area contributed by atoms with Crippen LogP contribution >= 0.6 is 0 Å². The molecular weight excluding hydrogens is 406 g/mol. The summed E-state index contributed by atoms with van der Waals surface area (Å²) in [5.41, 5.74) is 3.41. The second kappa shape index (κ2) is 8.66. The highest BCUT2D eigenvalue weighted by Gasteiger charge is 2.34. The number of hydrogen-bond acceptors (Lipinski definition) is 5. The van der Waals surface area contributed by atoms with E-state index in [2.05, 4.69) is 9.82 Å². The molecule has 0 fully saturated rings. The summed E-state index contributed by atoms with van der Waals surface area (Å²) in [4.78, 5) is 23.7. The molecule has 30 heavy (non-hydrogen) atoms. The fourth-order valence-electron chi connectivity index (χ4n) is 3.39. The molecule has 1 aliphatic rings. The summed E-state index contributed by atoms with van der Waals surface area (Å²) in [6, 6.07) is 14.1. The number of carboxylic acids is 1. The van der Waals surface area contributed by atoms with Crippen LogP contribution in [0.3, 0.4) is 0 Å². The number of carbonyl (C=O) groups is 2. The maximum absolute atomic E-state index is 12.8. The Balaban J connectivity index is 1.99. The predicted molar refractivity (Wildman–Crippen MR) is 114 cm³/mol. The molecule has 2 aromatic carbocycles. The lowest BCUT2D eigenvalue weighted by molar-refractivity contribution is -0.141. The SMILES string of the molecule is Cc1cccc(C2CC(c3ccccc3NS(C)(=O)=O)=NN2C(=O)CCC(=O)O)c1. The van der Waals surface area contributed by atoms with E-state index in [1.54, 1.807) is 24.3 Å². The number of hydrazone groups is 1. The fraction of sp³-hybridized carbons (Fsp3) is 0.286. The van der Waals surface area contributed by atoms with Crippen molar-refractivity contribution in [1.29, 1.82) is 0 Å². The number of carboxylic acid groups (broad SMARTS) is 1. The van der Waals surface area contributed by atoms with Crippen molar-refractivity contribution in [1.82, 2.24) is 5.01 Å². The quantitative estimate of drug-likeness (QED) is 0.702. The minimum absolute atomic E-state index is 0.169. The maximum Gasteiger partial charge on any atom is 0.303 e. The van der Waals surface area contributed by atoms with Gasteiger partial charge in [-0.2, -0.15) is 5.10 Å². The van der Waals surface area contributed by atoms with Crippen LogP contribution in [0.1, 0.15) is 42.0 Å². The standard InChI is InChI=1S/C21H23N3O5S/c1-14-6-5-7-15(12-14)19-13-18(22-24(19)20(25)10-11-21(26)27)16-8-3-4-9-17(16)23-30(2,28)29/h3-9,12,19,23H,10-11,13H2,1-2H3,(H,26,27). The Hall–Kier alpha value is -3.20. The minimum atomic E-state index is -3.50. The van der Waals surface area contributed by atoms with Crippen molar-refractivity contribution >= 4 is 33.3 Å². The molecule has 0 spiro atoms. The number of aliphatic carboxylic acids is 1. The van der Waals surface area contributed by atoms with Gasteiger partial charge in [0.1, 0.15) is 0 Å². The first kappa shape index (κ1) is 21.5. The zero-order valence-electron chi connectivity index (χ0n) is 16.7. The molecule has 0 aliphatic carbocycles. The molecule has 0 saturated carbocycles. The third-order valence-electron chi connectivity index (χ3n) is 4.68. The van der Waals surface area contributed by atoms with Crippen molar-refractivity contribution in [3.63, 3.8) is 0 Å². The molecule has 0 bridgehead atoms. The highest BCUT2D eigenvalue weighted by atomic mass is 32.2. The Morgan fingerprint density at radius 3 is 2.57 bits per heavy atom. The van der Waals surface area contributed by atoms with Crippen LogP contribution < -0.4 is 4.72 Å². The van der Waals surface area contributed by atoms with Crippen LogP contribution in [0, 0.1) is 6.92 Å². The van der Waals surface area contributed by atoms with Gasteiger partial charge in [-0.15, -0.1) is 0 Å². The molecule has 1 aliphatic heterocycles. The molecule has 1 heterocycles. The normalized spacial score (nSPS) is 16.3. The van der Waals surface area contributed by atoms with Gasteiger partial charge in [0.15, 0.2) is 0 Å². The summed E-state index contributed by atoms with van der Waals surface area (Å²) in [5.74, 6) is -1.45. The van der Waals surface area contributed by atoms with Gasteiger partial charge in [0.05, 0.1) is 30.1 Å². The maximum atomic E-state index is 12.8. The molecule has 158 valence electrons. The van der Waals surface area contributed by atoms with Crippen LogP contribution in [-0.2, 0) is 19.6 Å². The van der Waals surface area contributed by atoms with Crippen molar-refractivity contribution in [2.24, 2.45) is 5.10 Å². The molecule has 0 radical (unpaired) electrons. The number of hydrogen-bond donors (Lipinski definition) is 2. The van der Waals surface area contributed by atoms with E-state index in [0.717, 1.165) is 17.4 Å². The summed E-state index contributed by atoms with van der Waals surface area (Å²) in [7, 11) is -3.50. The number of aryl methyl sites for hydroxylation is 1. The molecule has 8 nitrogen and oxygen atoms in total. The monoisotopic (exact) mass is 429 g/mol. The smallest absolute Gasteiger partial charge is 0.303 e. The summed E-state index contributed by atoms with van der Waals surface area (Å²) in [6.07, 6.45) is 0.993. The number of amides is 1. The van der Waals surface area contributed by atoms with Crippen LogP contribution in [0.4, 0.5) is 5.69 Å². The molecular formula is C21H23N3O5S. The van der Waals surface area contributed by atoms with Gasteiger partial charge in [-0.05, 0) is 18.6 Å². The number of anilines is 1. The predicted octanol–water partition coefficient (Wildman–Crippen LogP) is 2.91. The van der Waals surface area contributed by atoms with Crippen molar-refractivity contribution in [2.45, 2.75) is 32.2 Å². The van der Waals surface area contributed by atoms with E-state index in [1.165, 1.54) is 5.01 Å². The average Bonchev–Trinajstić information content (AvgIpc) is 3.10. The number of carbonyl (C=O) groups excluding carboxylic acids is 1.